The first kappa shape index (κ1) is 14.4. The van der Waals surface area contributed by atoms with E-state index in [0.717, 1.165) is 0 Å². The molecule has 0 aliphatic carbocycles. The number of nitrogens with one attached hydrogen (secondary N) is 1. The summed E-state index contributed by atoms with van der Waals surface area (Å²) in [5.74, 6) is -2.85. The third kappa shape index (κ3) is 4.74. The zero-order valence-corrected chi connectivity index (χ0v) is 9.27. The van der Waals surface area contributed by atoms with E-state index in [1.165, 1.54) is 0 Å². The molecule has 0 spiro atoms. The smallest absolute Gasteiger partial charge is 0.326 e. The van der Waals surface area contributed by atoms with Crippen LogP contribution in [0, 0.1) is 5.92 Å². The molecule has 0 saturated carbocycles. The van der Waals surface area contributed by atoms with Crippen LogP contribution in [0.2, 0.25) is 0 Å². The second-order valence-electron chi connectivity index (χ2n) is 3.84. The summed E-state index contributed by atoms with van der Waals surface area (Å²) in [6.45, 7) is 3.46. The fraction of sp³-hybridized carbons (Fsp3) is 0.667. The Labute approximate surface area is 93.2 Å². The summed E-state index contributed by atoms with van der Waals surface area (Å²) in [6, 6.07) is -2.13. The van der Waals surface area contributed by atoms with E-state index in [1.807, 2.05) is 0 Å². The zero-order chi connectivity index (χ0) is 12.9. The van der Waals surface area contributed by atoms with Gasteiger partial charge in [-0.15, -0.1) is 0 Å². The highest BCUT2D eigenvalue weighted by Crippen LogP contribution is 2.00. The average molecular weight is 231 g/mol. The molecule has 2 amide bonds. The summed E-state index contributed by atoms with van der Waals surface area (Å²) in [7, 11) is 0. The molecular formula is C9H17N3O4. The molecule has 1 unspecified atom stereocenters. The minimum atomic E-state index is -1.32. The van der Waals surface area contributed by atoms with E-state index < -0.39 is 36.3 Å². The highest BCUT2D eigenvalue weighted by molar-refractivity contribution is 5.90. The number of rotatable bonds is 6. The maximum Gasteiger partial charge on any atom is 0.326 e. The van der Waals surface area contributed by atoms with Crippen molar-refractivity contribution in [2.45, 2.75) is 32.4 Å². The van der Waals surface area contributed by atoms with Gasteiger partial charge in [0.1, 0.15) is 6.04 Å². The number of amides is 2. The van der Waals surface area contributed by atoms with Crippen molar-refractivity contribution in [1.82, 2.24) is 5.32 Å². The Bertz CT molecular complexity index is 290. The summed E-state index contributed by atoms with van der Waals surface area (Å²) in [5.41, 5.74) is 10.4. The fourth-order valence-electron chi connectivity index (χ4n) is 0.972. The molecule has 16 heavy (non-hydrogen) atoms. The van der Waals surface area contributed by atoms with Crippen molar-refractivity contribution in [2.24, 2.45) is 17.4 Å². The molecule has 0 radical (unpaired) electrons. The number of hydrogen-bond acceptors (Lipinski definition) is 4. The monoisotopic (exact) mass is 231 g/mol. The van der Waals surface area contributed by atoms with Crippen molar-refractivity contribution in [3.05, 3.63) is 0 Å². The molecule has 0 bridgehead atoms. The molecule has 0 heterocycles. The maximum atomic E-state index is 11.4. The molecular weight excluding hydrogens is 214 g/mol. The lowest BCUT2D eigenvalue weighted by Crippen LogP contribution is -2.51. The zero-order valence-electron chi connectivity index (χ0n) is 9.27. The molecule has 7 heteroatoms. The number of nitrogens with two attached hydrogens (primary N) is 2. The molecule has 2 atom stereocenters. The Morgan fingerprint density at radius 3 is 2.12 bits per heavy atom. The quantitative estimate of drug-likeness (QED) is 0.437. The van der Waals surface area contributed by atoms with Crippen molar-refractivity contribution in [3.8, 4) is 0 Å². The van der Waals surface area contributed by atoms with Crippen molar-refractivity contribution in [2.75, 3.05) is 0 Å². The van der Waals surface area contributed by atoms with Crippen LogP contribution in [0.25, 0.3) is 0 Å². The molecule has 0 aromatic carbocycles. The fourth-order valence-corrected chi connectivity index (χ4v) is 0.972. The number of aliphatic carboxylic acids is 1. The van der Waals surface area contributed by atoms with Gasteiger partial charge >= 0.3 is 5.97 Å². The van der Waals surface area contributed by atoms with E-state index in [0.29, 0.717) is 0 Å². The van der Waals surface area contributed by atoms with Gasteiger partial charge in [-0.25, -0.2) is 4.79 Å². The van der Waals surface area contributed by atoms with Crippen LogP contribution < -0.4 is 16.8 Å². The first-order valence-electron chi connectivity index (χ1n) is 4.82. The van der Waals surface area contributed by atoms with Crippen molar-refractivity contribution in [3.63, 3.8) is 0 Å². The van der Waals surface area contributed by atoms with Gasteiger partial charge in [0, 0.05) is 0 Å². The Kier molecular flexibility index (Phi) is 5.44. The van der Waals surface area contributed by atoms with Crippen LogP contribution in [0.1, 0.15) is 20.3 Å². The first-order valence-corrected chi connectivity index (χ1v) is 4.82. The number of carbonyl (C=O) groups is 3. The van der Waals surface area contributed by atoms with Crippen LogP contribution in [-0.4, -0.2) is 35.0 Å². The van der Waals surface area contributed by atoms with Crippen molar-refractivity contribution in [1.29, 1.82) is 0 Å². The predicted octanol–water partition coefficient (Wildman–Crippen LogP) is -1.59. The molecule has 0 aliphatic heterocycles. The molecule has 0 aliphatic rings. The largest absolute Gasteiger partial charge is 0.480 e. The second kappa shape index (κ2) is 6.06. The number of hydrogen-bond donors (Lipinski definition) is 4. The highest BCUT2D eigenvalue weighted by atomic mass is 16.4. The van der Waals surface area contributed by atoms with Gasteiger partial charge in [-0.3, -0.25) is 9.59 Å². The lowest BCUT2D eigenvalue weighted by atomic mass is 10.0. The Morgan fingerprint density at radius 1 is 1.31 bits per heavy atom. The summed E-state index contributed by atoms with van der Waals surface area (Å²) in [6.07, 6.45) is -0.452. The van der Waals surface area contributed by atoms with Gasteiger partial charge in [0.2, 0.25) is 11.8 Å². The first-order chi connectivity index (χ1) is 7.25. The number of carboxylic acid groups (broad SMARTS) is 1. The van der Waals surface area contributed by atoms with Crippen LogP contribution in [0.15, 0.2) is 0 Å². The number of carboxylic acids is 1. The van der Waals surface area contributed by atoms with Crippen LogP contribution in [-0.2, 0) is 14.4 Å². The Hall–Kier alpha value is -1.63. The van der Waals surface area contributed by atoms with E-state index in [1.54, 1.807) is 13.8 Å². The van der Waals surface area contributed by atoms with E-state index in [-0.39, 0.29) is 5.92 Å². The predicted molar refractivity (Wildman–Crippen MR) is 56.2 cm³/mol. The lowest BCUT2D eigenvalue weighted by Gasteiger charge is -2.18. The number of primary amides is 1. The number of carbonyl (C=O) groups excluding carboxylic acids is 2. The normalized spacial score (nSPS) is 14.2. The van der Waals surface area contributed by atoms with Crippen molar-refractivity contribution < 1.29 is 19.5 Å². The van der Waals surface area contributed by atoms with Gasteiger partial charge in [-0.2, -0.15) is 0 Å². The average Bonchev–Trinajstić information content (AvgIpc) is 2.14. The van der Waals surface area contributed by atoms with E-state index in [4.69, 9.17) is 16.6 Å². The topological polar surface area (TPSA) is 136 Å². The van der Waals surface area contributed by atoms with E-state index in [2.05, 4.69) is 5.32 Å². The Balaban J connectivity index is 4.46. The molecule has 0 aromatic rings. The molecule has 0 rings (SSSR count). The van der Waals surface area contributed by atoms with E-state index in [9.17, 15) is 14.4 Å². The minimum absolute atomic E-state index is 0.122. The SMILES string of the molecule is CC(C)[C@@H](N)C(=O)NC(CC(N)=O)C(=O)O. The van der Waals surface area contributed by atoms with Crippen molar-refractivity contribution >= 4 is 17.8 Å². The molecule has 0 aromatic heterocycles. The van der Waals surface area contributed by atoms with Gasteiger partial charge in [0.25, 0.3) is 0 Å². The third-order valence-corrected chi connectivity index (χ3v) is 2.04. The van der Waals surface area contributed by atoms with Gasteiger partial charge in [0.15, 0.2) is 0 Å². The highest BCUT2D eigenvalue weighted by Gasteiger charge is 2.25. The minimum Gasteiger partial charge on any atom is -0.480 e. The van der Waals surface area contributed by atoms with E-state index >= 15 is 0 Å². The lowest BCUT2D eigenvalue weighted by molar-refractivity contribution is -0.143. The summed E-state index contributed by atoms with van der Waals surface area (Å²) in [4.78, 5) is 32.7. The third-order valence-electron chi connectivity index (χ3n) is 2.04. The summed E-state index contributed by atoms with van der Waals surface area (Å²) in [5, 5.41) is 10.9. The summed E-state index contributed by atoms with van der Waals surface area (Å²) >= 11 is 0. The Morgan fingerprint density at radius 2 is 1.81 bits per heavy atom. The van der Waals surface area contributed by atoms with Crippen LogP contribution in [0.4, 0.5) is 0 Å². The molecule has 0 saturated heterocycles. The molecule has 0 fully saturated rings. The molecule has 7 nitrogen and oxygen atoms in total. The van der Waals surface area contributed by atoms with Crippen LogP contribution in [0.5, 0.6) is 0 Å². The van der Waals surface area contributed by atoms with Crippen LogP contribution in [0.3, 0.4) is 0 Å². The van der Waals surface area contributed by atoms with Gasteiger partial charge < -0.3 is 21.9 Å². The summed E-state index contributed by atoms with van der Waals surface area (Å²) < 4.78 is 0. The molecule has 92 valence electrons. The van der Waals surface area contributed by atoms with Gasteiger partial charge in [-0.1, -0.05) is 13.8 Å². The maximum absolute atomic E-state index is 11.4. The second-order valence-corrected chi connectivity index (χ2v) is 3.84. The molecule has 6 N–H and O–H groups in total. The van der Waals surface area contributed by atoms with Gasteiger partial charge in [0.05, 0.1) is 12.5 Å². The standard InChI is InChI=1S/C9H17N3O4/c1-4(2)7(11)8(14)12-5(9(15)16)3-6(10)13/h4-5,7H,3,11H2,1-2H3,(H2,10,13)(H,12,14)(H,15,16)/t5?,7-/m1/s1. The van der Waals surface area contributed by atoms with Gasteiger partial charge in [-0.05, 0) is 5.92 Å². The van der Waals surface area contributed by atoms with Crippen LogP contribution >= 0.6 is 0 Å².